The van der Waals surface area contributed by atoms with Gasteiger partial charge in [0.25, 0.3) is 0 Å². The van der Waals surface area contributed by atoms with Crippen LogP contribution in [0.5, 0.6) is 17.2 Å². The lowest BCUT2D eigenvalue weighted by Gasteiger charge is -2.06. The second-order valence-electron chi connectivity index (χ2n) is 7.59. The molecule has 1 aliphatic heterocycles. The van der Waals surface area contributed by atoms with Crippen molar-refractivity contribution in [2.24, 2.45) is 0 Å². The zero-order chi connectivity index (χ0) is 22.9. The Bertz CT molecular complexity index is 1380. The fourth-order valence-electron chi connectivity index (χ4n) is 3.75. The van der Waals surface area contributed by atoms with Gasteiger partial charge in [0.15, 0.2) is 5.76 Å². The Morgan fingerprint density at radius 3 is 2.55 bits per heavy atom. The SMILES string of the molecule is CCOc1ccc(/C=C2\Oc3cc(OC(=O)c4cc5ccccc5o4)cc(C)c3C2=O)cc1. The molecular formula is C27H20O6. The second kappa shape index (κ2) is 8.31. The van der Waals surface area contributed by atoms with E-state index in [-0.39, 0.29) is 23.1 Å². The van der Waals surface area contributed by atoms with Crippen molar-refractivity contribution < 1.29 is 28.2 Å². The van der Waals surface area contributed by atoms with Crippen molar-refractivity contribution in [3.05, 3.63) is 94.9 Å². The van der Waals surface area contributed by atoms with Gasteiger partial charge in [-0.05, 0) is 61.4 Å². The van der Waals surface area contributed by atoms with Crippen LogP contribution in [0.2, 0.25) is 0 Å². The topological polar surface area (TPSA) is 75.0 Å². The van der Waals surface area contributed by atoms with Crippen molar-refractivity contribution >= 4 is 28.8 Å². The van der Waals surface area contributed by atoms with Crippen molar-refractivity contribution in [1.29, 1.82) is 0 Å². The third-order valence-electron chi connectivity index (χ3n) is 5.27. The van der Waals surface area contributed by atoms with E-state index in [1.807, 2.05) is 49.4 Å². The van der Waals surface area contributed by atoms with Gasteiger partial charge in [0.1, 0.15) is 22.8 Å². The van der Waals surface area contributed by atoms with Gasteiger partial charge < -0.3 is 18.6 Å². The summed E-state index contributed by atoms with van der Waals surface area (Å²) in [5.74, 6) is 0.844. The molecular weight excluding hydrogens is 420 g/mol. The molecule has 0 spiro atoms. The summed E-state index contributed by atoms with van der Waals surface area (Å²) in [4.78, 5) is 25.5. The number of hydrogen-bond acceptors (Lipinski definition) is 6. The van der Waals surface area contributed by atoms with Crippen LogP contribution < -0.4 is 14.2 Å². The molecule has 0 bridgehead atoms. The van der Waals surface area contributed by atoms with Gasteiger partial charge in [-0.3, -0.25) is 4.79 Å². The van der Waals surface area contributed by atoms with Gasteiger partial charge in [-0.25, -0.2) is 4.79 Å². The minimum Gasteiger partial charge on any atom is -0.494 e. The van der Waals surface area contributed by atoms with E-state index in [2.05, 4.69) is 0 Å². The molecule has 6 heteroatoms. The number of aryl methyl sites for hydroxylation is 1. The normalized spacial score (nSPS) is 13.8. The average molecular weight is 440 g/mol. The first-order chi connectivity index (χ1) is 16.0. The molecule has 3 aromatic carbocycles. The third-order valence-corrected chi connectivity index (χ3v) is 5.27. The van der Waals surface area contributed by atoms with Crippen molar-refractivity contribution in [3.63, 3.8) is 0 Å². The first-order valence-corrected chi connectivity index (χ1v) is 10.5. The van der Waals surface area contributed by atoms with Crippen LogP contribution in [0.3, 0.4) is 0 Å². The van der Waals surface area contributed by atoms with Crippen LogP contribution in [0.1, 0.15) is 39.0 Å². The van der Waals surface area contributed by atoms with Crippen LogP contribution in [0.15, 0.2) is 76.9 Å². The predicted octanol–water partition coefficient (Wildman–Crippen LogP) is 5.98. The summed E-state index contributed by atoms with van der Waals surface area (Å²) in [5.41, 5.74) is 2.52. The summed E-state index contributed by atoms with van der Waals surface area (Å²) in [5, 5.41) is 0.813. The number of carbonyl (C=O) groups is 2. The zero-order valence-electron chi connectivity index (χ0n) is 18.1. The monoisotopic (exact) mass is 440 g/mol. The van der Waals surface area contributed by atoms with Gasteiger partial charge in [0.2, 0.25) is 11.5 Å². The molecule has 0 atom stereocenters. The molecule has 164 valence electrons. The summed E-state index contributed by atoms with van der Waals surface area (Å²) < 4.78 is 22.3. The van der Waals surface area contributed by atoms with Gasteiger partial charge in [0, 0.05) is 11.5 Å². The molecule has 0 unspecified atom stereocenters. The van der Waals surface area contributed by atoms with Crippen LogP contribution >= 0.6 is 0 Å². The fraction of sp³-hybridized carbons (Fsp3) is 0.111. The molecule has 1 aliphatic rings. The molecule has 0 saturated carbocycles. The van der Waals surface area contributed by atoms with E-state index < -0.39 is 5.97 Å². The van der Waals surface area contributed by atoms with Gasteiger partial charge in [-0.15, -0.1) is 0 Å². The van der Waals surface area contributed by atoms with E-state index in [1.165, 1.54) is 0 Å². The molecule has 0 fully saturated rings. The summed E-state index contributed by atoms with van der Waals surface area (Å²) in [7, 11) is 0. The molecule has 1 aromatic heterocycles. The average Bonchev–Trinajstić information content (AvgIpc) is 3.37. The van der Waals surface area contributed by atoms with E-state index in [0.717, 1.165) is 16.7 Å². The van der Waals surface area contributed by atoms with Crippen LogP contribution in [-0.4, -0.2) is 18.4 Å². The number of para-hydroxylation sites is 1. The van der Waals surface area contributed by atoms with Crippen molar-refractivity contribution in [2.45, 2.75) is 13.8 Å². The van der Waals surface area contributed by atoms with E-state index in [9.17, 15) is 9.59 Å². The molecule has 0 aliphatic carbocycles. The Kier molecular flexibility index (Phi) is 5.18. The summed E-state index contributed by atoms with van der Waals surface area (Å²) in [6.07, 6.45) is 1.68. The lowest BCUT2D eigenvalue weighted by Crippen LogP contribution is -2.07. The lowest BCUT2D eigenvalue weighted by atomic mass is 10.0. The Hall–Kier alpha value is -4.32. The second-order valence-corrected chi connectivity index (χ2v) is 7.59. The maximum atomic E-state index is 12.9. The van der Waals surface area contributed by atoms with Gasteiger partial charge >= 0.3 is 5.97 Å². The number of ketones is 1. The van der Waals surface area contributed by atoms with Gasteiger partial charge in [-0.2, -0.15) is 0 Å². The molecule has 33 heavy (non-hydrogen) atoms. The number of Topliss-reactive ketones (excluding diaryl/α,β-unsaturated/α-hetero) is 1. The first kappa shape index (κ1) is 20.6. The minimum atomic E-state index is -0.625. The predicted molar refractivity (Wildman–Crippen MR) is 123 cm³/mol. The number of benzene rings is 3. The highest BCUT2D eigenvalue weighted by Crippen LogP contribution is 2.38. The fourth-order valence-corrected chi connectivity index (χ4v) is 3.75. The minimum absolute atomic E-state index is 0.0995. The van der Waals surface area contributed by atoms with Crippen molar-refractivity contribution in [2.75, 3.05) is 6.61 Å². The van der Waals surface area contributed by atoms with Crippen LogP contribution in [-0.2, 0) is 0 Å². The Morgan fingerprint density at radius 2 is 1.79 bits per heavy atom. The van der Waals surface area contributed by atoms with Gasteiger partial charge in [-0.1, -0.05) is 30.3 Å². The third kappa shape index (κ3) is 3.99. The van der Waals surface area contributed by atoms with Crippen molar-refractivity contribution in [1.82, 2.24) is 0 Å². The van der Waals surface area contributed by atoms with Gasteiger partial charge in [0.05, 0.1) is 12.2 Å². The molecule has 2 heterocycles. The molecule has 0 radical (unpaired) electrons. The van der Waals surface area contributed by atoms with E-state index in [0.29, 0.717) is 29.1 Å². The van der Waals surface area contributed by atoms with E-state index in [1.54, 1.807) is 37.3 Å². The molecule has 6 nitrogen and oxygen atoms in total. The highest BCUT2D eigenvalue weighted by atomic mass is 16.5. The van der Waals surface area contributed by atoms with Crippen molar-refractivity contribution in [3.8, 4) is 17.2 Å². The van der Waals surface area contributed by atoms with Crippen LogP contribution in [0.4, 0.5) is 0 Å². The Labute approximate surface area is 190 Å². The van der Waals surface area contributed by atoms with E-state index in [4.69, 9.17) is 18.6 Å². The first-order valence-electron chi connectivity index (χ1n) is 10.5. The van der Waals surface area contributed by atoms with Crippen LogP contribution in [0, 0.1) is 6.92 Å². The molecule has 4 aromatic rings. The number of allylic oxidation sites excluding steroid dienone is 1. The molecule has 0 amide bonds. The summed E-state index contributed by atoms with van der Waals surface area (Å²) >= 11 is 0. The van der Waals surface area contributed by atoms with E-state index >= 15 is 0 Å². The maximum Gasteiger partial charge on any atom is 0.379 e. The highest BCUT2D eigenvalue weighted by Gasteiger charge is 2.30. The summed E-state index contributed by atoms with van der Waals surface area (Å²) in [6, 6.07) is 19.5. The zero-order valence-corrected chi connectivity index (χ0v) is 18.1. The summed E-state index contributed by atoms with van der Waals surface area (Å²) in [6.45, 7) is 4.28. The molecule has 0 N–H and O–H groups in total. The highest BCUT2D eigenvalue weighted by molar-refractivity contribution is 6.15. The smallest absolute Gasteiger partial charge is 0.379 e. The standard InChI is InChI=1S/C27H20O6/c1-3-30-19-10-8-17(9-11-19)13-23-26(28)25-16(2)12-20(15-22(25)33-23)31-27(29)24-14-18-6-4-5-7-21(18)32-24/h4-15H,3H2,1-2H3/b23-13-. The number of furan rings is 1. The van der Waals surface area contributed by atoms with Crippen LogP contribution in [0.25, 0.3) is 17.0 Å². The number of rotatable bonds is 5. The quantitative estimate of drug-likeness (QED) is 0.216. The number of ether oxygens (including phenoxy) is 3. The maximum absolute atomic E-state index is 12.9. The number of esters is 1. The Balaban J connectivity index is 1.38. The number of carbonyl (C=O) groups excluding carboxylic acids is 2. The molecule has 0 saturated heterocycles. The largest absolute Gasteiger partial charge is 0.494 e. The Morgan fingerprint density at radius 1 is 1.00 bits per heavy atom. The molecule has 5 rings (SSSR count). The number of hydrogen-bond donors (Lipinski definition) is 0. The lowest BCUT2D eigenvalue weighted by molar-refractivity contribution is 0.0703. The number of fused-ring (bicyclic) bond motifs is 2.